The molecule has 3 heteroatoms. The number of nitrogens with zero attached hydrogens (tertiary/aromatic N) is 1. The summed E-state index contributed by atoms with van der Waals surface area (Å²) in [6.07, 6.45) is 0. The zero-order chi connectivity index (χ0) is 27.4. The van der Waals surface area contributed by atoms with Gasteiger partial charge in [-0.15, -0.1) is 11.3 Å². The molecule has 0 aliphatic heterocycles. The molecule has 0 saturated carbocycles. The van der Waals surface area contributed by atoms with Crippen molar-refractivity contribution in [1.82, 2.24) is 4.98 Å². The highest BCUT2D eigenvalue weighted by Crippen LogP contribution is 2.50. The Labute approximate surface area is 245 Å². The zero-order valence-corrected chi connectivity index (χ0v) is 23.2. The fourth-order valence-corrected chi connectivity index (χ4v) is 8.21. The van der Waals surface area contributed by atoms with Gasteiger partial charge in [0, 0.05) is 21.0 Å². The predicted molar refractivity (Wildman–Crippen MR) is 177 cm³/mol. The van der Waals surface area contributed by atoms with E-state index in [1.54, 1.807) is 11.3 Å². The number of furan rings is 1. The summed E-state index contributed by atoms with van der Waals surface area (Å²) in [7, 11) is 0. The minimum atomic E-state index is 0.850. The highest BCUT2D eigenvalue weighted by Gasteiger charge is 2.24. The highest BCUT2D eigenvalue weighted by atomic mass is 32.1. The van der Waals surface area contributed by atoms with E-state index in [4.69, 9.17) is 9.40 Å². The van der Waals surface area contributed by atoms with E-state index in [1.165, 1.54) is 54.2 Å². The average molecular weight is 552 g/mol. The van der Waals surface area contributed by atoms with Crippen LogP contribution in [-0.4, -0.2) is 4.98 Å². The molecule has 194 valence electrons. The van der Waals surface area contributed by atoms with E-state index < -0.39 is 0 Å². The normalized spacial score (nSPS) is 12.3. The van der Waals surface area contributed by atoms with E-state index in [0.29, 0.717) is 0 Å². The van der Waals surface area contributed by atoms with E-state index in [0.717, 1.165) is 43.4 Å². The van der Waals surface area contributed by atoms with Crippen LogP contribution in [0.25, 0.3) is 97.7 Å². The van der Waals surface area contributed by atoms with Crippen LogP contribution in [0.15, 0.2) is 132 Å². The fourth-order valence-electron chi connectivity index (χ4n) is 7.00. The second kappa shape index (κ2) is 8.16. The first-order chi connectivity index (χ1) is 20.8. The number of rotatable bonds is 2. The van der Waals surface area contributed by atoms with E-state index in [-0.39, 0.29) is 0 Å². The average Bonchev–Trinajstić information content (AvgIpc) is 3.71. The van der Waals surface area contributed by atoms with Crippen LogP contribution in [0.4, 0.5) is 0 Å². The summed E-state index contributed by atoms with van der Waals surface area (Å²) in [4.78, 5) is 5.22. The van der Waals surface area contributed by atoms with Crippen LogP contribution >= 0.6 is 11.3 Å². The number of hydrogen-bond donors (Lipinski definition) is 0. The van der Waals surface area contributed by atoms with Crippen molar-refractivity contribution < 1.29 is 4.42 Å². The first-order valence-corrected chi connectivity index (χ1v) is 15.0. The second-order valence-corrected chi connectivity index (χ2v) is 12.1. The molecule has 3 heterocycles. The van der Waals surface area contributed by atoms with Crippen molar-refractivity contribution in [2.75, 3.05) is 0 Å². The number of hydrogen-bond acceptors (Lipinski definition) is 3. The Hall–Kier alpha value is -5.25. The fraction of sp³-hybridized carbons (Fsp3) is 0. The summed E-state index contributed by atoms with van der Waals surface area (Å²) in [5.41, 5.74) is 13.7. The Morgan fingerprint density at radius 2 is 1.17 bits per heavy atom. The van der Waals surface area contributed by atoms with E-state index >= 15 is 0 Å². The first-order valence-electron chi connectivity index (χ1n) is 14.2. The molecule has 9 aromatic rings. The number of pyridine rings is 1. The smallest absolute Gasteiger partial charge is 0.163 e. The van der Waals surface area contributed by atoms with Crippen LogP contribution < -0.4 is 0 Å². The third-order valence-electron chi connectivity index (χ3n) is 8.83. The van der Waals surface area contributed by atoms with Gasteiger partial charge in [0.1, 0.15) is 11.1 Å². The highest BCUT2D eigenvalue weighted by molar-refractivity contribution is 7.26. The molecule has 0 unspecified atom stereocenters. The van der Waals surface area contributed by atoms with Gasteiger partial charge in [-0.3, -0.25) is 0 Å². The molecule has 2 nitrogen and oxygen atoms in total. The molecule has 42 heavy (non-hydrogen) atoms. The molecule has 6 aromatic carbocycles. The summed E-state index contributed by atoms with van der Waals surface area (Å²) in [5.74, 6) is 0. The molecule has 10 rings (SSSR count). The van der Waals surface area contributed by atoms with Gasteiger partial charge in [0.15, 0.2) is 5.58 Å². The van der Waals surface area contributed by atoms with Gasteiger partial charge in [-0.25, -0.2) is 4.98 Å². The molecular weight excluding hydrogens is 531 g/mol. The van der Waals surface area contributed by atoms with E-state index in [9.17, 15) is 0 Å². The molecule has 1 aliphatic rings. The predicted octanol–water partition coefficient (Wildman–Crippen LogP) is 11.5. The lowest BCUT2D eigenvalue weighted by Gasteiger charge is -2.12. The molecule has 0 atom stereocenters. The van der Waals surface area contributed by atoms with Crippen LogP contribution in [0.3, 0.4) is 0 Å². The Bertz CT molecular complexity index is 2470. The standard InChI is InChI=1S/C39H21NOS/c1-2-12-26-25(11-1)28-16-8-15-27-24(19-20-29(26)35(27)28)22-9-7-10-23(21-22)34-38-36(30-13-3-5-17-32(30)41-38)40-37-31-14-4-6-18-33(31)42-39(34)37/h1-21H. The van der Waals surface area contributed by atoms with Gasteiger partial charge in [-0.2, -0.15) is 0 Å². The Kier molecular flexibility index (Phi) is 4.36. The van der Waals surface area contributed by atoms with Crippen LogP contribution in [-0.2, 0) is 0 Å². The van der Waals surface area contributed by atoms with Crippen molar-refractivity contribution in [2.45, 2.75) is 0 Å². The number of fused-ring (bicyclic) bond motifs is 9. The van der Waals surface area contributed by atoms with Crippen molar-refractivity contribution in [3.05, 3.63) is 127 Å². The lowest BCUT2D eigenvalue weighted by molar-refractivity contribution is 0.670. The van der Waals surface area contributed by atoms with Gasteiger partial charge >= 0.3 is 0 Å². The maximum atomic E-state index is 6.58. The number of para-hydroxylation sites is 1. The summed E-state index contributed by atoms with van der Waals surface area (Å²) in [6, 6.07) is 45.8. The molecule has 0 spiro atoms. The van der Waals surface area contributed by atoms with Crippen molar-refractivity contribution >= 4 is 64.5 Å². The monoisotopic (exact) mass is 551 g/mol. The summed E-state index contributed by atoms with van der Waals surface area (Å²) >= 11 is 1.79. The van der Waals surface area contributed by atoms with E-state index in [2.05, 4.69) is 115 Å². The molecule has 0 amide bonds. The van der Waals surface area contributed by atoms with Gasteiger partial charge in [-0.05, 0) is 74.0 Å². The molecule has 3 aromatic heterocycles. The molecule has 0 saturated heterocycles. The molecule has 0 fully saturated rings. The lowest BCUT2D eigenvalue weighted by atomic mass is 9.92. The number of thiophene rings is 1. The Morgan fingerprint density at radius 1 is 0.500 bits per heavy atom. The van der Waals surface area contributed by atoms with Gasteiger partial charge in [0.2, 0.25) is 0 Å². The van der Waals surface area contributed by atoms with Gasteiger partial charge in [-0.1, -0.05) is 103 Å². The minimum absolute atomic E-state index is 0.850. The third-order valence-corrected chi connectivity index (χ3v) is 10.0. The van der Waals surface area contributed by atoms with Gasteiger partial charge in [0.25, 0.3) is 0 Å². The van der Waals surface area contributed by atoms with Crippen molar-refractivity contribution in [3.63, 3.8) is 0 Å². The van der Waals surface area contributed by atoms with Gasteiger partial charge < -0.3 is 4.42 Å². The molecular formula is C39H21NOS. The second-order valence-electron chi connectivity index (χ2n) is 11.1. The zero-order valence-electron chi connectivity index (χ0n) is 22.4. The number of benzene rings is 6. The molecule has 1 aliphatic carbocycles. The molecule has 0 radical (unpaired) electrons. The maximum Gasteiger partial charge on any atom is 0.163 e. The van der Waals surface area contributed by atoms with E-state index in [1.807, 2.05) is 12.1 Å². The minimum Gasteiger partial charge on any atom is -0.454 e. The Balaban J connectivity index is 1.27. The topological polar surface area (TPSA) is 26.0 Å². The van der Waals surface area contributed by atoms with Crippen molar-refractivity contribution in [2.24, 2.45) is 0 Å². The SMILES string of the molecule is c1cc(-c2ccc3c4c(cccc24)-c2ccccc2-3)cc(-c2c3oc4ccccc4c3nc3c2sc2ccccc23)c1. The quantitative estimate of drug-likeness (QED) is 0.214. The van der Waals surface area contributed by atoms with Crippen molar-refractivity contribution in [1.29, 1.82) is 0 Å². The summed E-state index contributed by atoms with van der Waals surface area (Å²) in [6.45, 7) is 0. The van der Waals surface area contributed by atoms with Crippen LogP contribution in [0, 0.1) is 0 Å². The van der Waals surface area contributed by atoms with Crippen LogP contribution in [0.5, 0.6) is 0 Å². The Morgan fingerprint density at radius 3 is 2.07 bits per heavy atom. The third kappa shape index (κ3) is 2.90. The largest absolute Gasteiger partial charge is 0.454 e. The molecule has 0 N–H and O–H groups in total. The summed E-state index contributed by atoms with van der Waals surface area (Å²) in [5, 5.41) is 4.87. The lowest BCUT2D eigenvalue weighted by Crippen LogP contribution is -1.87. The summed E-state index contributed by atoms with van der Waals surface area (Å²) < 4.78 is 8.98. The van der Waals surface area contributed by atoms with Crippen molar-refractivity contribution in [3.8, 4) is 44.5 Å². The maximum absolute atomic E-state index is 6.58. The molecule has 0 bridgehead atoms. The first kappa shape index (κ1) is 22.4. The van der Waals surface area contributed by atoms with Crippen LogP contribution in [0.2, 0.25) is 0 Å². The van der Waals surface area contributed by atoms with Gasteiger partial charge in [0.05, 0.1) is 10.2 Å². The number of aromatic nitrogens is 1. The van der Waals surface area contributed by atoms with Crippen LogP contribution in [0.1, 0.15) is 0 Å².